The number of carboxylic acids is 1. The Labute approximate surface area is 95.2 Å². The maximum Gasteiger partial charge on any atom is 0.341 e. The minimum atomic E-state index is -4.17. The van der Waals surface area contributed by atoms with Crippen molar-refractivity contribution in [2.45, 2.75) is 4.90 Å². The Morgan fingerprint density at radius 1 is 1.29 bits per heavy atom. The third-order valence-electron chi connectivity index (χ3n) is 1.96. The van der Waals surface area contributed by atoms with E-state index >= 15 is 0 Å². The lowest BCUT2D eigenvalue weighted by atomic mass is 10.2. The number of hydrogen-bond donors (Lipinski definition) is 2. The van der Waals surface area contributed by atoms with E-state index in [9.17, 15) is 22.0 Å². The summed E-state index contributed by atoms with van der Waals surface area (Å²) in [6.07, 6.45) is 0. The number of aliphatic hydroxyl groups excluding tert-OH is 1. The van der Waals surface area contributed by atoms with Gasteiger partial charge in [0.15, 0.2) is 15.7 Å². The molecule has 94 valence electrons. The fraction of sp³-hybridized carbons (Fsp3) is 0.222. The van der Waals surface area contributed by atoms with Gasteiger partial charge in [0.1, 0.15) is 16.3 Å². The zero-order chi connectivity index (χ0) is 13.2. The summed E-state index contributed by atoms with van der Waals surface area (Å²) in [4.78, 5) is 9.62. The van der Waals surface area contributed by atoms with Gasteiger partial charge in [0.25, 0.3) is 0 Å². The molecule has 0 unspecified atom stereocenters. The Morgan fingerprint density at radius 3 is 2.35 bits per heavy atom. The summed E-state index contributed by atoms with van der Waals surface area (Å²) in [5.74, 6) is -5.70. The predicted octanol–water partition coefficient (Wildman–Crippen LogP) is 0.429. The van der Waals surface area contributed by atoms with Crippen LogP contribution < -0.4 is 0 Å². The molecule has 0 atom stereocenters. The Morgan fingerprint density at radius 2 is 1.88 bits per heavy atom. The molecule has 0 aliphatic heterocycles. The molecule has 0 radical (unpaired) electrons. The van der Waals surface area contributed by atoms with Gasteiger partial charge in [0.05, 0.1) is 12.4 Å². The first kappa shape index (κ1) is 13.5. The molecule has 0 aliphatic rings. The van der Waals surface area contributed by atoms with Crippen molar-refractivity contribution in [1.82, 2.24) is 0 Å². The highest BCUT2D eigenvalue weighted by molar-refractivity contribution is 7.91. The van der Waals surface area contributed by atoms with Gasteiger partial charge < -0.3 is 10.2 Å². The van der Waals surface area contributed by atoms with Crippen molar-refractivity contribution in [3.05, 3.63) is 29.3 Å². The van der Waals surface area contributed by atoms with Crippen LogP contribution in [0.3, 0.4) is 0 Å². The molecule has 0 bridgehead atoms. The van der Waals surface area contributed by atoms with Crippen LogP contribution in [0, 0.1) is 11.6 Å². The van der Waals surface area contributed by atoms with Crippen molar-refractivity contribution in [3.8, 4) is 0 Å². The first-order valence-electron chi connectivity index (χ1n) is 4.36. The lowest BCUT2D eigenvalue weighted by molar-refractivity contribution is 0.0685. The van der Waals surface area contributed by atoms with Gasteiger partial charge in [-0.15, -0.1) is 0 Å². The number of aliphatic hydroxyl groups is 1. The van der Waals surface area contributed by atoms with Crippen molar-refractivity contribution in [2.24, 2.45) is 0 Å². The standard InChI is InChI=1S/C9H8F2O5S/c10-5-1-2-6(17(15,16)4-3-12)8(11)7(5)9(13)14/h1-2,12H,3-4H2,(H,13,14). The highest BCUT2D eigenvalue weighted by atomic mass is 32.2. The van der Waals surface area contributed by atoms with Crippen LogP contribution in [0.5, 0.6) is 0 Å². The van der Waals surface area contributed by atoms with E-state index in [4.69, 9.17) is 10.2 Å². The summed E-state index contributed by atoms with van der Waals surface area (Å²) in [5.41, 5.74) is -1.33. The van der Waals surface area contributed by atoms with Crippen LogP contribution in [0.1, 0.15) is 10.4 Å². The molecule has 0 fully saturated rings. The molecule has 0 spiro atoms. The maximum absolute atomic E-state index is 13.5. The number of carboxylic acid groups (broad SMARTS) is 1. The van der Waals surface area contributed by atoms with Gasteiger partial charge in [-0.3, -0.25) is 0 Å². The largest absolute Gasteiger partial charge is 0.477 e. The normalized spacial score (nSPS) is 11.5. The quantitative estimate of drug-likeness (QED) is 0.771. The van der Waals surface area contributed by atoms with Crippen LogP contribution in [0.4, 0.5) is 8.78 Å². The van der Waals surface area contributed by atoms with Gasteiger partial charge in [-0.1, -0.05) is 0 Å². The Balaban J connectivity index is 3.49. The van der Waals surface area contributed by atoms with E-state index in [1.165, 1.54) is 0 Å². The number of aromatic carboxylic acids is 1. The Bertz CT molecular complexity index is 553. The number of sulfone groups is 1. The number of carbonyl (C=O) groups is 1. The summed E-state index contributed by atoms with van der Waals surface area (Å²) in [7, 11) is -4.17. The number of rotatable bonds is 4. The van der Waals surface area contributed by atoms with Crippen molar-refractivity contribution in [2.75, 3.05) is 12.4 Å². The van der Waals surface area contributed by atoms with Crippen LogP contribution in [0.25, 0.3) is 0 Å². The highest BCUT2D eigenvalue weighted by Gasteiger charge is 2.26. The molecule has 8 heteroatoms. The fourth-order valence-electron chi connectivity index (χ4n) is 1.20. The summed E-state index contributed by atoms with van der Waals surface area (Å²) < 4.78 is 49.4. The summed E-state index contributed by atoms with van der Waals surface area (Å²) in [6, 6.07) is 1.18. The molecule has 1 rings (SSSR count). The first-order valence-corrected chi connectivity index (χ1v) is 6.01. The smallest absolute Gasteiger partial charge is 0.341 e. The van der Waals surface area contributed by atoms with Gasteiger partial charge in [0, 0.05) is 0 Å². The van der Waals surface area contributed by atoms with E-state index in [2.05, 4.69) is 0 Å². The van der Waals surface area contributed by atoms with E-state index in [0.29, 0.717) is 12.1 Å². The summed E-state index contributed by atoms with van der Waals surface area (Å²) >= 11 is 0. The highest BCUT2D eigenvalue weighted by Crippen LogP contribution is 2.22. The molecule has 0 aromatic heterocycles. The molecule has 0 aliphatic carbocycles. The van der Waals surface area contributed by atoms with Gasteiger partial charge in [-0.25, -0.2) is 22.0 Å². The van der Waals surface area contributed by atoms with Gasteiger partial charge in [-0.2, -0.15) is 0 Å². The zero-order valence-electron chi connectivity index (χ0n) is 8.35. The maximum atomic E-state index is 13.5. The molecule has 2 N–H and O–H groups in total. The molecule has 0 amide bonds. The second-order valence-electron chi connectivity index (χ2n) is 3.08. The average Bonchev–Trinajstić information content (AvgIpc) is 2.15. The van der Waals surface area contributed by atoms with Crippen molar-refractivity contribution < 1.29 is 32.2 Å². The molecule has 0 heterocycles. The molecular weight excluding hydrogens is 258 g/mol. The third kappa shape index (κ3) is 2.59. The molecule has 1 aromatic carbocycles. The summed E-state index contributed by atoms with van der Waals surface area (Å²) in [6.45, 7) is -0.748. The second-order valence-corrected chi connectivity index (χ2v) is 5.16. The van der Waals surface area contributed by atoms with E-state index < -0.39 is 50.3 Å². The van der Waals surface area contributed by atoms with Gasteiger partial charge in [-0.05, 0) is 12.1 Å². The van der Waals surface area contributed by atoms with Crippen molar-refractivity contribution >= 4 is 15.8 Å². The molecule has 0 saturated heterocycles. The van der Waals surface area contributed by atoms with E-state index in [-0.39, 0.29) is 0 Å². The molecule has 0 saturated carbocycles. The van der Waals surface area contributed by atoms with E-state index in [1.807, 2.05) is 0 Å². The Hall–Kier alpha value is -1.54. The van der Waals surface area contributed by atoms with Gasteiger partial charge >= 0.3 is 5.97 Å². The van der Waals surface area contributed by atoms with Crippen LogP contribution in [-0.4, -0.2) is 37.0 Å². The SMILES string of the molecule is O=C(O)c1c(F)ccc(S(=O)(=O)CCO)c1F. The summed E-state index contributed by atoms with van der Waals surface area (Å²) in [5, 5.41) is 17.0. The molecule has 17 heavy (non-hydrogen) atoms. The van der Waals surface area contributed by atoms with Crippen LogP contribution >= 0.6 is 0 Å². The van der Waals surface area contributed by atoms with Crippen LogP contribution in [0.2, 0.25) is 0 Å². The van der Waals surface area contributed by atoms with Gasteiger partial charge in [0.2, 0.25) is 0 Å². The lowest BCUT2D eigenvalue weighted by Gasteiger charge is -2.06. The topological polar surface area (TPSA) is 91.7 Å². The van der Waals surface area contributed by atoms with Crippen molar-refractivity contribution in [1.29, 1.82) is 0 Å². The number of benzene rings is 1. The Kier molecular flexibility index (Phi) is 3.79. The monoisotopic (exact) mass is 266 g/mol. The molecule has 1 aromatic rings. The average molecular weight is 266 g/mol. The first-order chi connectivity index (χ1) is 7.81. The minimum Gasteiger partial charge on any atom is -0.477 e. The van der Waals surface area contributed by atoms with Crippen LogP contribution in [-0.2, 0) is 9.84 Å². The molecular formula is C9H8F2O5S. The van der Waals surface area contributed by atoms with E-state index in [0.717, 1.165) is 0 Å². The van der Waals surface area contributed by atoms with Crippen molar-refractivity contribution in [3.63, 3.8) is 0 Å². The second kappa shape index (κ2) is 4.76. The van der Waals surface area contributed by atoms with Crippen LogP contribution in [0.15, 0.2) is 17.0 Å². The number of halogens is 2. The predicted molar refractivity (Wildman–Crippen MR) is 52.5 cm³/mol. The molecule has 5 nitrogen and oxygen atoms in total. The lowest BCUT2D eigenvalue weighted by Crippen LogP contribution is -2.15. The minimum absolute atomic E-state index is 0.552. The van der Waals surface area contributed by atoms with E-state index in [1.54, 1.807) is 0 Å². The number of hydrogen-bond acceptors (Lipinski definition) is 4. The zero-order valence-corrected chi connectivity index (χ0v) is 9.17. The third-order valence-corrected chi connectivity index (χ3v) is 3.67. The fourth-order valence-corrected chi connectivity index (χ4v) is 2.31.